The molecule has 0 spiro atoms. The van der Waals surface area contributed by atoms with Gasteiger partial charge in [-0.2, -0.15) is 0 Å². The summed E-state index contributed by atoms with van der Waals surface area (Å²) in [5, 5.41) is 8.52. The summed E-state index contributed by atoms with van der Waals surface area (Å²) >= 11 is 0. The SMILES string of the molecule is CCCCCCCCC/C=C/C/C=C/CO. The van der Waals surface area contributed by atoms with Crippen LogP contribution in [0.5, 0.6) is 0 Å². The number of aliphatic hydroxyl groups is 1. The molecule has 0 rings (SSSR count). The van der Waals surface area contributed by atoms with Crippen LogP contribution in [0.15, 0.2) is 24.3 Å². The zero-order chi connectivity index (χ0) is 11.9. The van der Waals surface area contributed by atoms with Crippen molar-refractivity contribution in [3.63, 3.8) is 0 Å². The highest BCUT2D eigenvalue weighted by molar-refractivity contribution is 4.92. The summed E-state index contributed by atoms with van der Waals surface area (Å²) in [4.78, 5) is 0. The summed E-state index contributed by atoms with van der Waals surface area (Å²) in [6.07, 6.45) is 20.1. The van der Waals surface area contributed by atoms with E-state index in [4.69, 9.17) is 5.11 Å². The average molecular weight is 224 g/mol. The van der Waals surface area contributed by atoms with Gasteiger partial charge in [-0.1, -0.05) is 69.8 Å². The molecule has 0 fully saturated rings. The Labute approximate surface area is 101 Å². The van der Waals surface area contributed by atoms with Crippen LogP contribution >= 0.6 is 0 Å². The third kappa shape index (κ3) is 13.4. The number of rotatable bonds is 11. The van der Waals surface area contributed by atoms with E-state index in [1.54, 1.807) is 6.08 Å². The lowest BCUT2D eigenvalue weighted by Gasteiger charge is -1.98. The molecule has 0 saturated heterocycles. The molecule has 0 atom stereocenters. The Kier molecular flexibility index (Phi) is 13.9. The van der Waals surface area contributed by atoms with E-state index in [0.29, 0.717) is 0 Å². The molecule has 94 valence electrons. The second-order valence-corrected chi connectivity index (χ2v) is 4.27. The molecule has 16 heavy (non-hydrogen) atoms. The molecule has 0 aliphatic carbocycles. The molecule has 0 aliphatic heterocycles. The van der Waals surface area contributed by atoms with E-state index in [9.17, 15) is 0 Å². The van der Waals surface area contributed by atoms with E-state index in [-0.39, 0.29) is 6.61 Å². The molecule has 0 amide bonds. The van der Waals surface area contributed by atoms with Gasteiger partial charge in [0.25, 0.3) is 0 Å². The molecule has 0 saturated carbocycles. The van der Waals surface area contributed by atoms with Crippen molar-refractivity contribution in [2.75, 3.05) is 6.61 Å². The second kappa shape index (κ2) is 14.4. The Morgan fingerprint density at radius 1 is 0.750 bits per heavy atom. The molecular weight excluding hydrogens is 196 g/mol. The summed E-state index contributed by atoms with van der Waals surface area (Å²) in [5.41, 5.74) is 0. The van der Waals surface area contributed by atoms with Gasteiger partial charge in [-0.25, -0.2) is 0 Å². The van der Waals surface area contributed by atoms with Crippen LogP contribution in [-0.4, -0.2) is 11.7 Å². The fourth-order valence-corrected chi connectivity index (χ4v) is 1.68. The van der Waals surface area contributed by atoms with E-state index >= 15 is 0 Å². The first-order valence-electron chi connectivity index (χ1n) is 6.82. The minimum atomic E-state index is 0.158. The van der Waals surface area contributed by atoms with Crippen molar-refractivity contribution in [3.8, 4) is 0 Å². The van der Waals surface area contributed by atoms with Gasteiger partial charge < -0.3 is 5.11 Å². The quantitative estimate of drug-likeness (QED) is 0.401. The lowest BCUT2D eigenvalue weighted by atomic mass is 10.1. The first kappa shape index (κ1) is 15.4. The van der Waals surface area contributed by atoms with Crippen LogP contribution in [0.3, 0.4) is 0 Å². The van der Waals surface area contributed by atoms with Gasteiger partial charge in [0.15, 0.2) is 0 Å². The van der Waals surface area contributed by atoms with Gasteiger partial charge >= 0.3 is 0 Å². The fourth-order valence-electron chi connectivity index (χ4n) is 1.68. The van der Waals surface area contributed by atoms with Gasteiger partial charge in [-0.05, 0) is 19.3 Å². The predicted octanol–water partition coefficient (Wildman–Crippen LogP) is 4.62. The van der Waals surface area contributed by atoms with E-state index in [1.165, 1.54) is 51.4 Å². The monoisotopic (exact) mass is 224 g/mol. The minimum Gasteiger partial charge on any atom is -0.392 e. The Morgan fingerprint density at radius 2 is 1.38 bits per heavy atom. The van der Waals surface area contributed by atoms with Crippen molar-refractivity contribution >= 4 is 0 Å². The summed E-state index contributed by atoms with van der Waals surface area (Å²) in [7, 11) is 0. The van der Waals surface area contributed by atoms with Crippen molar-refractivity contribution in [2.45, 2.75) is 64.7 Å². The molecule has 0 unspecified atom stereocenters. The molecule has 0 bridgehead atoms. The van der Waals surface area contributed by atoms with E-state index in [2.05, 4.69) is 19.1 Å². The number of hydrogen-bond acceptors (Lipinski definition) is 1. The van der Waals surface area contributed by atoms with Gasteiger partial charge in [0.1, 0.15) is 0 Å². The summed E-state index contributed by atoms with van der Waals surface area (Å²) < 4.78 is 0. The molecule has 1 nitrogen and oxygen atoms in total. The van der Waals surface area contributed by atoms with Crippen LogP contribution in [0.2, 0.25) is 0 Å². The number of unbranched alkanes of at least 4 members (excludes halogenated alkanes) is 7. The zero-order valence-electron chi connectivity index (χ0n) is 10.8. The zero-order valence-corrected chi connectivity index (χ0v) is 10.8. The van der Waals surface area contributed by atoms with Gasteiger partial charge in [-0.15, -0.1) is 0 Å². The maximum absolute atomic E-state index is 8.52. The fraction of sp³-hybridized carbons (Fsp3) is 0.733. The molecule has 0 radical (unpaired) electrons. The number of aliphatic hydroxyl groups excluding tert-OH is 1. The molecule has 0 aromatic rings. The van der Waals surface area contributed by atoms with Crippen LogP contribution in [0, 0.1) is 0 Å². The Bertz CT molecular complexity index is 170. The molecule has 0 aliphatic rings. The van der Waals surface area contributed by atoms with Crippen LogP contribution in [0.25, 0.3) is 0 Å². The summed E-state index contributed by atoms with van der Waals surface area (Å²) in [6.45, 7) is 2.42. The van der Waals surface area contributed by atoms with Gasteiger partial charge in [0.05, 0.1) is 6.61 Å². The normalized spacial score (nSPS) is 11.9. The van der Waals surface area contributed by atoms with E-state index < -0.39 is 0 Å². The van der Waals surface area contributed by atoms with Gasteiger partial charge in [0, 0.05) is 0 Å². The molecule has 1 N–H and O–H groups in total. The topological polar surface area (TPSA) is 20.2 Å². The maximum atomic E-state index is 8.52. The average Bonchev–Trinajstić information content (AvgIpc) is 2.31. The molecule has 1 heteroatoms. The molecule has 0 aromatic heterocycles. The van der Waals surface area contributed by atoms with Crippen molar-refractivity contribution in [1.82, 2.24) is 0 Å². The van der Waals surface area contributed by atoms with Crippen molar-refractivity contribution in [3.05, 3.63) is 24.3 Å². The Balaban J connectivity index is 3.05. The van der Waals surface area contributed by atoms with Crippen molar-refractivity contribution in [1.29, 1.82) is 0 Å². The van der Waals surface area contributed by atoms with Crippen LogP contribution in [0.4, 0.5) is 0 Å². The highest BCUT2D eigenvalue weighted by atomic mass is 16.2. The van der Waals surface area contributed by atoms with Crippen molar-refractivity contribution in [2.24, 2.45) is 0 Å². The second-order valence-electron chi connectivity index (χ2n) is 4.27. The van der Waals surface area contributed by atoms with Crippen LogP contribution in [-0.2, 0) is 0 Å². The minimum absolute atomic E-state index is 0.158. The van der Waals surface area contributed by atoms with Crippen molar-refractivity contribution < 1.29 is 5.11 Å². The molecule has 0 heterocycles. The lowest BCUT2D eigenvalue weighted by Crippen LogP contribution is -1.78. The summed E-state index contributed by atoms with van der Waals surface area (Å²) in [5.74, 6) is 0. The lowest BCUT2D eigenvalue weighted by molar-refractivity contribution is 0.342. The molecular formula is C15H28O. The van der Waals surface area contributed by atoms with Gasteiger partial charge in [0.2, 0.25) is 0 Å². The van der Waals surface area contributed by atoms with Gasteiger partial charge in [-0.3, -0.25) is 0 Å². The summed E-state index contributed by atoms with van der Waals surface area (Å²) in [6, 6.07) is 0. The van der Waals surface area contributed by atoms with E-state index in [0.717, 1.165) is 6.42 Å². The third-order valence-electron chi connectivity index (χ3n) is 2.69. The Morgan fingerprint density at radius 3 is 2.06 bits per heavy atom. The first-order valence-corrected chi connectivity index (χ1v) is 6.82. The highest BCUT2D eigenvalue weighted by Gasteiger charge is 1.88. The third-order valence-corrected chi connectivity index (χ3v) is 2.69. The number of allylic oxidation sites excluding steroid dienone is 3. The smallest absolute Gasteiger partial charge is 0.0612 e. The van der Waals surface area contributed by atoms with E-state index in [1.807, 2.05) is 6.08 Å². The van der Waals surface area contributed by atoms with Crippen LogP contribution < -0.4 is 0 Å². The highest BCUT2D eigenvalue weighted by Crippen LogP contribution is 2.08. The Hall–Kier alpha value is -0.560. The first-order chi connectivity index (χ1) is 7.91. The molecule has 0 aromatic carbocycles. The van der Waals surface area contributed by atoms with Crippen LogP contribution in [0.1, 0.15) is 64.7 Å². The standard InChI is InChI=1S/C15H28O/c1-2-3-4-5-6-7-8-9-10-11-12-13-14-15-16/h10-11,13-14,16H,2-9,12,15H2,1H3/b11-10+,14-13+. The number of hydrogen-bond donors (Lipinski definition) is 1. The maximum Gasteiger partial charge on any atom is 0.0612 e. The predicted molar refractivity (Wildman–Crippen MR) is 72.6 cm³/mol. The largest absolute Gasteiger partial charge is 0.392 e.